The van der Waals surface area contributed by atoms with Crippen LogP contribution in [0.2, 0.25) is 0 Å². The maximum absolute atomic E-state index is 10.8. The van der Waals surface area contributed by atoms with Crippen molar-refractivity contribution in [2.75, 3.05) is 6.54 Å². The van der Waals surface area contributed by atoms with Crippen molar-refractivity contribution in [2.24, 2.45) is 0 Å². The van der Waals surface area contributed by atoms with E-state index in [0.29, 0.717) is 0 Å². The van der Waals surface area contributed by atoms with Crippen molar-refractivity contribution in [3.63, 3.8) is 0 Å². The quantitative estimate of drug-likeness (QED) is 0.873. The third-order valence-electron chi connectivity index (χ3n) is 3.55. The van der Waals surface area contributed by atoms with E-state index < -0.39 is 5.97 Å². The number of benzene rings is 1. The second-order valence-electron chi connectivity index (χ2n) is 4.94. The van der Waals surface area contributed by atoms with Gasteiger partial charge in [-0.3, -0.25) is 4.79 Å². The number of carboxylic acids is 1. The van der Waals surface area contributed by atoms with E-state index in [9.17, 15) is 4.79 Å². The number of carboxylic acid groups (broad SMARTS) is 1. The van der Waals surface area contributed by atoms with Crippen LogP contribution < -0.4 is 5.43 Å². The van der Waals surface area contributed by atoms with E-state index in [1.807, 2.05) is 6.92 Å². The third-order valence-corrected chi connectivity index (χ3v) is 3.55. The summed E-state index contributed by atoms with van der Waals surface area (Å²) in [7, 11) is 0. The molecule has 1 aromatic rings. The Morgan fingerprint density at radius 1 is 1.37 bits per heavy atom. The Hall–Kier alpha value is -1.81. The van der Waals surface area contributed by atoms with Crippen LogP contribution in [-0.2, 0) is 4.79 Å². The first-order chi connectivity index (χ1) is 9.01. The predicted octanol–water partition coefficient (Wildman–Crippen LogP) is 2.54. The summed E-state index contributed by atoms with van der Waals surface area (Å²) in [5, 5.41) is 10.6. The standard InChI is InChI=1S/C15H20N2O2/c1-4-13-8-14(16-17(13)9-15(18)19)12-6-5-10(2)11(3)7-12/h5-8,14,16H,4,9H2,1-3H3,(H,18,19). The van der Waals surface area contributed by atoms with Crippen molar-refractivity contribution in [2.45, 2.75) is 33.2 Å². The van der Waals surface area contributed by atoms with E-state index in [-0.39, 0.29) is 12.6 Å². The number of hydrogen-bond acceptors (Lipinski definition) is 3. The highest BCUT2D eigenvalue weighted by Crippen LogP contribution is 2.27. The second-order valence-corrected chi connectivity index (χ2v) is 4.94. The first-order valence-corrected chi connectivity index (χ1v) is 6.54. The Labute approximate surface area is 113 Å². The molecule has 0 aliphatic carbocycles. The molecular weight excluding hydrogens is 240 g/mol. The maximum atomic E-state index is 10.8. The molecule has 1 atom stereocenters. The summed E-state index contributed by atoms with van der Waals surface area (Å²) >= 11 is 0. The van der Waals surface area contributed by atoms with Gasteiger partial charge in [0, 0.05) is 5.70 Å². The largest absolute Gasteiger partial charge is 0.480 e. The normalized spacial score (nSPS) is 18.6. The molecule has 4 heteroatoms. The Kier molecular flexibility index (Phi) is 3.90. The summed E-state index contributed by atoms with van der Waals surface area (Å²) in [6.45, 7) is 6.20. The summed E-state index contributed by atoms with van der Waals surface area (Å²) in [6.07, 6.45) is 2.93. The highest BCUT2D eigenvalue weighted by atomic mass is 16.4. The van der Waals surface area contributed by atoms with Crippen LogP contribution in [0.5, 0.6) is 0 Å². The lowest BCUT2D eigenvalue weighted by Crippen LogP contribution is -2.37. The van der Waals surface area contributed by atoms with Crippen molar-refractivity contribution in [3.8, 4) is 0 Å². The van der Waals surface area contributed by atoms with Gasteiger partial charge in [-0.25, -0.2) is 5.43 Å². The van der Waals surface area contributed by atoms with Crippen molar-refractivity contribution in [1.29, 1.82) is 0 Å². The molecule has 0 spiro atoms. The van der Waals surface area contributed by atoms with Gasteiger partial charge >= 0.3 is 5.97 Å². The summed E-state index contributed by atoms with van der Waals surface area (Å²) in [4.78, 5) is 10.8. The lowest BCUT2D eigenvalue weighted by molar-refractivity contribution is -0.138. The molecule has 1 aliphatic rings. The van der Waals surface area contributed by atoms with Crippen LogP contribution in [0, 0.1) is 13.8 Å². The monoisotopic (exact) mass is 260 g/mol. The molecule has 4 nitrogen and oxygen atoms in total. The Bertz CT molecular complexity index is 523. The van der Waals surface area contributed by atoms with Gasteiger partial charge in [0.15, 0.2) is 0 Å². The minimum Gasteiger partial charge on any atom is -0.480 e. The van der Waals surface area contributed by atoms with E-state index in [1.165, 1.54) is 16.7 Å². The molecule has 1 aromatic carbocycles. The van der Waals surface area contributed by atoms with Gasteiger partial charge in [-0.2, -0.15) is 0 Å². The van der Waals surface area contributed by atoms with Crippen LogP contribution in [0.15, 0.2) is 30.0 Å². The van der Waals surface area contributed by atoms with Gasteiger partial charge in [0.1, 0.15) is 6.54 Å². The van der Waals surface area contributed by atoms with E-state index in [0.717, 1.165) is 12.1 Å². The molecule has 0 bridgehead atoms. The fourth-order valence-electron chi connectivity index (χ4n) is 2.29. The number of aliphatic carboxylic acids is 1. The van der Waals surface area contributed by atoms with Crippen molar-refractivity contribution in [3.05, 3.63) is 46.7 Å². The molecule has 1 unspecified atom stereocenters. The number of nitrogens with zero attached hydrogens (tertiary/aromatic N) is 1. The van der Waals surface area contributed by atoms with Crippen molar-refractivity contribution >= 4 is 5.97 Å². The minimum absolute atomic E-state index is 0.0129. The summed E-state index contributed by atoms with van der Waals surface area (Å²) < 4.78 is 0. The van der Waals surface area contributed by atoms with E-state index in [2.05, 4.69) is 43.5 Å². The van der Waals surface area contributed by atoms with E-state index in [1.54, 1.807) is 5.01 Å². The predicted molar refractivity (Wildman–Crippen MR) is 74.5 cm³/mol. The highest BCUT2D eigenvalue weighted by molar-refractivity contribution is 5.69. The van der Waals surface area contributed by atoms with Crippen LogP contribution >= 0.6 is 0 Å². The van der Waals surface area contributed by atoms with E-state index in [4.69, 9.17) is 5.11 Å². The molecular formula is C15H20N2O2. The molecule has 0 saturated carbocycles. The number of carbonyl (C=O) groups is 1. The minimum atomic E-state index is -0.826. The summed E-state index contributed by atoms with van der Waals surface area (Å²) in [5.41, 5.74) is 7.97. The zero-order valence-electron chi connectivity index (χ0n) is 11.6. The molecule has 19 heavy (non-hydrogen) atoms. The van der Waals surface area contributed by atoms with Crippen molar-refractivity contribution < 1.29 is 9.90 Å². The number of rotatable bonds is 4. The smallest absolute Gasteiger partial charge is 0.324 e. The van der Waals surface area contributed by atoms with Crippen LogP contribution in [0.3, 0.4) is 0 Å². The van der Waals surface area contributed by atoms with Gasteiger partial charge in [-0.1, -0.05) is 25.1 Å². The number of nitrogens with one attached hydrogen (secondary N) is 1. The van der Waals surface area contributed by atoms with Gasteiger partial charge in [-0.15, -0.1) is 0 Å². The molecule has 1 heterocycles. The maximum Gasteiger partial charge on any atom is 0.324 e. The topological polar surface area (TPSA) is 52.6 Å². The van der Waals surface area contributed by atoms with Crippen LogP contribution in [0.4, 0.5) is 0 Å². The molecule has 2 N–H and O–H groups in total. The first kappa shape index (κ1) is 13.6. The Balaban J connectivity index is 2.20. The molecule has 0 fully saturated rings. The second kappa shape index (κ2) is 5.45. The van der Waals surface area contributed by atoms with Gasteiger partial charge < -0.3 is 10.1 Å². The molecule has 102 valence electrons. The average Bonchev–Trinajstić information content (AvgIpc) is 2.75. The lowest BCUT2D eigenvalue weighted by atomic mass is 10.0. The SMILES string of the molecule is CCC1=CC(c2ccc(C)c(C)c2)NN1CC(=O)O. The molecule has 2 rings (SSSR count). The van der Waals surface area contributed by atoms with Gasteiger partial charge in [0.2, 0.25) is 0 Å². The Morgan fingerprint density at radius 3 is 2.68 bits per heavy atom. The zero-order valence-corrected chi connectivity index (χ0v) is 11.6. The Morgan fingerprint density at radius 2 is 2.11 bits per heavy atom. The summed E-state index contributed by atoms with van der Waals surface area (Å²) in [6, 6.07) is 6.41. The third kappa shape index (κ3) is 2.96. The highest BCUT2D eigenvalue weighted by Gasteiger charge is 2.24. The van der Waals surface area contributed by atoms with E-state index >= 15 is 0 Å². The average molecular weight is 260 g/mol. The van der Waals surface area contributed by atoms with Gasteiger partial charge in [0.25, 0.3) is 0 Å². The number of hydrogen-bond donors (Lipinski definition) is 2. The number of allylic oxidation sites excluding steroid dienone is 1. The van der Waals surface area contributed by atoms with Crippen LogP contribution in [0.25, 0.3) is 0 Å². The molecule has 0 amide bonds. The fourth-order valence-corrected chi connectivity index (χ4v) is 2.29. The fraction of sp³-hybridized carbons (Fsp3) is 0.400. The van der Waals surface area contributed by atoms with Crippen LogP contribution in [-0.4, -0.2) is 22.6 Å². The molecule has 0 radical (unpaired) electrons. The molecule has 0 saturated heterocycles. The summed E-state index contributed by atoms with van der Waals surface area (Å²) in [5.74, 6) is -0.826. The molecule has 0 aromatic heterocycles. The van der Waals surface area contributed by atoms with Gasteiger partial charge in [-0.05, 0) is 43.0 Å². The molecule has 1 aliphatic heterocycles. The number of aryl methyl sites for hydroxylation is 2. The number of hydrazine groups is 1. The van der Waals surface area contributed by atoms with Gasteiger partial charge in [0.05, 0.1) is 6.04 Å². The van der Waals surface area contributed by atoms with Crippen LogP contribution in [0.1, 0.15) is 36.1 Å². The lowest BCUT2D eigenvalue weighted by Gasteiger charge is -2.21. The zero-order chi connectivity index (χ0) is 14.0. The first-order valence-electron chi connectivity index (χ1n) is 6.54. The van der Waals surface area contributed by atoms with Crippen molar-refractivity contribution in [1.82, 2.24) is 10.4 Å².